The Labute approximate surface area is 209 Å². The first-order chi connectivity index (χ1) is 16.5. The number of amides is 1. The zero-order valence-electron chi connectivity index (χ0n) is 17.9. The number of hydrogen-bond acceptors (Lipinski definition) is 5. The van der Waals surface area contributed by atoms with Crippen molar-refractivity contribution in [2.45, 2.75) is 0 Å². The van der Waals surface area contributed by atoms with E-state index in [0.717, 1.165) is 10.8 Å². The van der Waals surface area contributed by atoms with Crippen molar-refractivity contribution in [1.82, 2.24) is 5.43 Å². The van der Waals surface area contributed by atoms with E-state index in [1.807, 2.05) is 36.4 Å². The number of fused-ring (bicyclic) bond motifs is 1. The Hall–Kier alpha value is -3.68. The van der Waals surface area contributed by atoms with Crippen molar-refractivity contribution in [3.8, 4) is 11.5 Å². The Morgan fingerprint density at radius 3 is 2.56 bits per heavy atom. The summed E-state index contributed by atoms with van der Waals surface area (Å²) in [6.45, 7) is 0. The number of benzene rings is 4. The molecule has 4 aromatic rings. The lowest BCUT2D eigenvalue weighted by Crippen LogP contribution is -2.17. The van der Waals surface area contributed by atoms with E-state index in [9.17, 15) is 9.59 Å². The van der Waals surface area contributed by atoms with Crippen molar-refractivity contribution in [3.63, 3.8) is 0 Å². The second kappa shape index (κ2) is 10.5. The highest BCUT2D eigenvalue weighted by Gasteiger charge is 2.18. The van der Waals surface area contributed by atoms with E-state index in [1.165, 1.54) is 13.3 Å². The van der Waals surface area contributed by atoms with Gasteiger partial charge in [-0.25, -0.2) is 10.2 Å². The molecule has 6 nitrogen and oxygen atoms in total. The number of ether oxygens (including phenoxy) is 2. The van der Waals surface area contributed by atoms with Crippen LogP contribution in [0.5, 0.6) is 11.5 Å². The van der Waals surface area contributed by atoms with Crippen molar-refractivity contribution in [2.24, 2.45) is 5.10 Å². The molecule has 1 N–H and O–H groups in total. The molecule has 0 aliphatic rings. The van der Waals surface area contributed by atoms with Crippen LogP contribution in [-0.4, -0.2) is 25.2 Å². The van der Waals surface area contributed by atoms with E-state index in [2.05, 4.69) is 26.5 Å². The molecule has 0 bridgehead atoms. The molecule has 170 valence electrons. The fraction of sp³-hybridized carbons (Fsp3) is 0.0385. The van der Waals surface area contributed by atoms with Crippen LogP contribution in [0.15, 0.2) is 88.4 Å². The molecule has 0 fully saturated rings. The average Bonchev–Trinajstić information content (AvgIpc) is 2.84. The van der Waals surface area contributed by atoms with E-state index >= 15 is 0 Å². The van der Waals surface area contributed by atoms with Gasteiger partial charge in [-0.1, -0.05) is 54.1 Å². The van der Waals surface area contributed by atoms with Crippen molar-refractivity contribution in [3.05, 3.63) is 105 Å². The van der Waals surface area contributed by atoms with Gasteiger partial charge in [0.25, 0.3) is 5.91 Å². The number of nitrogens with one attached hydrogen (secondary N) is 1. The van der Waals surface area contributed by atoms with Gasteiger partial charge in [-0.2, -0.15) is 5.10 Å². The molecule has 0 radical (unpaired) electrons. The molecule has 0 saturated carbocycles. The lowest BCUT2D eigenvalue weighted by Gasteiger charge is -2.13. The largest absolute Gasteiger partial charge is 0.493 e. The number of rotatable bonds is 6. The second-order valence-electron chi connectivity index (χ2n) is 7.16. The molecule has 34 heavy (non-hydrogen) atoms. The summed E-state index contributed by atoms with van der Waals surface area (Å²) in [4.78, 5) is 25.2. The average molecular weight is 538 g/mol. The standard InChI is InChI=1S/C26H18BrClN2O4/c1-33-23-13-16(15-29-30-25(31)18-8-4-9-19(28)14-18)12-22(27)24(23)34-26(32)21-11-5-7-17-6-2-3-10-20(17)21/h2-15H,1H3,(H,30,31)/b29-15-. The number of nitrogens with zero attached hydrogens (tertiary/aromatic N) is 1. The van der Waals surface area contributed by atoms with Gasteiger partial charge in [-0.05, 0) is 68.7 Å². The maximum atomic E-state index is 13.0. The zero-order valence-corrected chi connectivity index (χ0v) is 20.3. The van der Waals surface area contributed by atoms with Crippen LogP contribution >= 0.6 is 27.5 Å². The van der Waals surface area contributed by atoms with E-state index in [0.29, 0.717) is 31.9 Å². The number of hydrazone groups is 1. The Morgan fingerprint density at radius 2 is 1.76 bits per heavy atom. The molecule has 8 heteroatoms. The highest BCUT2D eigenvalue weighted by atomic mass is 79.9. The highest BCUT2D eigenvalue weighted by molar-refractivity contribution is 9.10. The molecule has 4 aromatic carbocycles. The molecule has 1 amide bonds. The molecule has 0 saturated heterocycles. The molecular formula is C26H18BrClN2O4. The monoisotopic (exact) mass is 536 g/mol. The number of esters is 1. The third-order valence-corrected chi connectivity index (χ3v) is 5.75. The van der Waals surface area contributed by atoms with Gasteiger partial charge in [-0.3, -0.25) is 4.79 Å². The van der Waals surface area contributed by atoms with Crippen LogP contribution in [0.3, 0.4) is 0 Å². The first kappa shape index (κ1) is 23.5. The van der Waals surface area contributed by atoms with E-state index in [-0.39, 0.29) is 5.75 Å². The molecule has 0 aliphatic heterocycles. The number of halogens is 2. The maximum Gasteiger partial charge on any atom is 0.344 e. The van der Waals surface area contributed by atoms with E-state index in [1.54, 1.807) is 42.5 Å². The first-order valence-electron chi connectivity index (χ1n) is 10.1. The number of carbonyl (C=O) groups excluding carboxylic acids is 2. The number of carbonyl (C=O) groups is 2. The van der Waals surface area contributed by atoms with E-state index in [4.69, 9.17) is 21.1 Å². The van der Waals surface area contributed by atoms with E-state index < -0.39 is 11.9 Å². The summed E-state index contributed by atoms with van der Waals surface area (Å²) >= 11 is 9.35. The minimum Gasteiger partial charge on any atom is -0.493 e. The summed E-state index contributed by atoms with van der Waals surface area (Å²) in [5, 5.41) is 6.18. The van der Waals surface area contributed by atoms with Crippen molar-refractivity contribution in [2.75, 3.05) is 7.11 Å². The molecule has 0 heterocycles. The summed E-state index contributed by atoms with van der Waals surface area (Å²) in [5.74, 6) is -0.345. The van der Waals surface area contributed by atoms with Crippen molar-refractivity contribution in [1.29, 1.82) is 0 Å². The third-order valence-electron chi connectivity index (χ3n) is 4.92. The Kier molecular flexibility index (Phi) is 7.25. The van der Waals surface area contributed by atoms with Crippen LogP contribution < -0.4 is 14.9 Å². The topological polar surface area (TPSA) is 77.0 Å². The maximum absolute atomic E-state index is 13.0. The molecule has 4 rings (SSSR count). The summed E-state index contributed by atoms with van der Waals surface area (Å²) in [6, 6.07) is 22.9. The Balaban J connectivity index is 1.53. The Bertz CT molecular complexity index is 1420. The molecule has 0 atom stereocenters. The van der Waals surface area contributed by atoms with Crippen LogP contribution in [-0.2, 0) is 0 Å². The molecule has 0 unspecified atom stereocenters. The van der Waals surface area contributed by atoms with Gasteiger partial charge in [0.1, 0.15) is 0 Å². The van der Waals surface area contributed by atoms with Gasteiger partial charge in [0, 0.05) is 10.6 Å². The van der Waals surface area contributed by atoms with Gasteiger partial charge in [0.2, 0.25) is 0 Å². The van der Waals surface area contributed by atoms with Gasteiger partial charge in [0.05, 0.1) is 23.4 Å². The fourth-order valence-corrected chi connectivity index (χ4v) is 4.06. The first-order valence-corrected chi connectivity index (χ1v) is 11.3. The molecular weight excluding hydrogens is 520 g/mol. The smallest absolute Gasteiger partial charge is 0.344 e. The lowest BCUT2D eigenvalue weighted by atomic mass is 10.0. The summed E-state index contributed by atoms with van der Waals surface area (Å²) < 4.78 is 11.6. The number of methoxy groups -OCH3 is 1. The van der Waals surface area contributed by atoms with Gasteiger partial charge < -0.3 is 9.47 Å². The minimum atomic E-state index is -0.508. The predicted octanol–water partition coefficient (Wildman–Crippen LogP) is 6.25. The SMILES string of the molecule is COc1cc(/C=N\NC(=O)c2cccc(Cl)c2)cc(Br)c1OC(=O)c1cccc2ccccc12. The van der Waals surface area contributed by atoms with Crippen LogP contribution in [0, 0.1) is 0 Å². The van der Waals surface area contributed by atoms with Crippen LogP contribution in [0.1, 0.15) is 26.3 Å². The van der Waals surface area contributed by atoms with Gasteiger partial charge in [0.15, 0.2) is 11.5 Å². The Morgan fingerprint density at radius 1 is 1.00 bits per heavy atom. The highest BCUT2D eigenvalue weighted by Crippen LogP contribution is 2.37. The van der Waals surface area contributed by atoms with Gasteiger partial charge in [-0.15, -0.1) is 0 Å². The summed E-state index contributed by atoms with van der Waals surface area (Å²) in [7, 11) is 1.47. The lowest BCUT2D eigenvalue weighted by molar-refractivity contribution is 0.0730. The third kappa shape index (κ3) is 5.27. The second-order valence-corrected chi connectivity index (χ2v) is 8.45. The van der Waals surface area contributed by atoms with Crippen molar-refractivity contribution >= 4 is 56.4 Å². The molecule has 0 spiro atoms. The fourth-order valence-electron chi connectivity index (χ4n) is 3.32. The quantitative estimate of drug-likeness (QED) is 0.137. The zero-order chi connectivity index (χ0) is 24.1. The normalized spacial score (nSPS) is 10.9. The van der Waals surface area contributed by atoms with Crippen LogP contribution in [0.25, 0.3) is 10.8 Å². The van der Waals surface area contributed by atoms with Crippen molar-refractivity contribution < 1.29 is 19.1 Å². The van der Waals surface area contributed by atoms with Gasteiger partial charge >= 0.3 is 5.97 Å². The van der Waals surface area contributed by atoms with Crippen LogP contribution in [0.2, 0.25) is 5.02 Å². The minimum absolute atomic E-state index is 0.237. The summed E-state index contributed by atoms with van der Waals surface area (Å²) in [6.07, 6.45) is 1.45. The summed E-state index contributed by atoms with van der Waals surface area (Å²) in [5.41, 5.74) is 3.89. The molecule has 0 aromatic heterocycles. The number of hydrogen-bond donors (Lipinski definition) is 1. The predicted molar refractivity (Wildman–Crippen MR) is 136 cm³/mol. The van der Waals surface area contributed by atoms with Crippen LogP contribution in [0.4, 0.5) is 0 Å². The molecule has 0 aliphatic carbocycles.